The van der Waals surface area contributed by atoms with E-state index in [2.05, 4.69) is 60.1 Å². The molecule has 0 aromatic carbocycles. The van der Waals surface area contributed by atoms with Crippen LogP contribution in [0.4, 0.5) is 0 Å². The molecule has 0 fully saturated rings. The minimum Gasteiger partial charge on any atom is -0.394 e. The van der Waals surface area contributed by atoms with Gasteiger partial charge >= 0.3 is 6.98 Å². The molecule has 0 spiro atoms. The molecule has 0 bridgehead atoms. The lowest BCUT2D eigenvalue weighted by atomic mass is 9.71. The number of hydrogen-bond donors (Lipinski definition) is 0. The Morgan fingerprint density at radius 1 is 1.40 bits per heavy atom. The molecule has 0 aromatic rings. The molecule has 3 heteroatoms. The normalized spacial score (nSPS) is 27.6. The van der Waals surface area contributed by atoms with Crippen molar-refractivity contribution >= 4 is 6.98 Å². The van der Waals surface area contributed by atoms with Crippen LogP contribution in [0.25, 0.3) is 0 Å². The van der Waals surface area contributed by atoms with Crippen LogP contribution in [0.5, 0.6) is 0 Å². The van der Waals surface area contributed by atoms with Crippen LogP contribution in [0.2, 0.25) is 0 Å². The predicted octanol–water partition coefficient (Wildman–Crippen LogP) is 2.15. The molecule has 0 saturated carbocycles. The van der Waals surface area contributed by atoms with Crippen LogP contribution in [-0.4, -0.2) is 23.7 Å². The SMILES string of the molecule is CC1CC=CC2=C1N1C=CC=CB1N2C. The fourth-order valence-electron chi connectivity index (χ4n) is 2.69. The Kier molecular flexibility index (Phi) is 1.81. The summed E-state index contributed by atoms with van der Waals surface area (Å²) in [6, 6.07) is 0. The van der Waals surface area contributed by atoms with Gasteiger partial charge in [-0.25, -0.2) is 0 Å². The van der Waals surface area contributed by atoms with Crippen molar-refractivity contribution in [2.45, 2.75) is 13.3 Å². The van der Waals surface area contributed by atoms with Crippen molar-refractivity contribution in [2.75, 3.05) is 7.05 Å². The Morgan fingerprint density at radius 2 is 2.27 bits per heavy atom. The average Bonchev–Trinajstić information content (AvgIpc) is 2.55. The van der Waals surface area contributed by atoms with Gasteiger partial charge in [0.2, 0.25) is 0 Å². The van der Waals surface area contributed by atoms with E-state index in [0.717, 1.165) is 6.42 Å². The molecule has 1 atom stereocenters. The molecule has 76 valence electrons. The zero-order valence-electron chi connectivity index (χ0n) is 9.22. The maximum absolute atomic E-state index is 2.39. The van der Waals surface area contributed by atoms with Crippen molar-refractivity contribution in [3.8, 4) is 0 Å². The van der Waals surface area contributed by atoms with Crippen molar-refractivity contribution in [3.05, 3.63) is 47.9 Å². The molecule has 0 saturated heterocycles. The van der Waals surface area contributed by atoms with Crippen LogP contribution in [0.1, 0.15) is 13.3 Å². The second-order valence-corrected chi connectivity index (χ2v) is 4.47. The van der Waals surface area contributed by atoms with E-state index in [9.17, 15) is 0 Å². The molecule has 0 N–H and O–H groups in total. The molecule has 0 radical (unpaired) electrons. The van der Waals surface area contributed by atoms with Gasteiger partial charge in [0.1, 0.15) is 0 Å². The van der Waals surface area contributed by atoms with Crippen LogP contribution >= 0.6 is 0 Å². The highest BCUT2D eigenvalue weighted by atomic mass is 15.3. The molecule has 15 heavy (non-hydrogen) atoms. The maximum Gasteiger partial charge on any atom is 0.407 e. The van der Waals surface area contributed by atoms with E-state index in [1.54, 1.807) is 0 Å². The highest BCUT2D eigenvalue weighted by molar-refractivity contribution is 6.61. The van der Waals surface area contributed by atoms with Crippen molar-refractivity contribution in [2.24, 2.45) is 5.92 Å². The van der Waals surface area contributed by atoms with Gasteiger partial charge in [0, 0.05) is 17.3 Å². The van der Waals surface area contributed by atoms with Crippen LogP contribution in [0.15, 0.2) is 47.9 Å². The standard InChI is InChI=1S/C12H15BN2/c1-10-6-5-7-11-12(10)15-9-4-3-8-13(15)14(11)2/h3-5,7-10H,6H2,1-2H3. The van der Waals surface area contributed by atoms with Crippen molar-refractivity contribution in [1.82, 2.24) is 9.62 Å². The molecular formula is C12H15BN2. The summed E-state index contributed by atoms with van der Waals surface area (Å²) in [4.78, 5) is 4.74. The second-order valence-electron chi connectivity index (χ2n) is 4.47. The molecule has 1 unspecified atom stereocenters. The summed E-state index contributed by atoms with van der Waals surface area (Å²) in [6.45, 7) is 2.70. The topological polar surface area (TPSA) is 6.48 Å². The van der Waals surface area contributed by atoms with Gasteiger partial charge < -0.3 is 9.62 Å². The molecule has 3 aliphatic rings. The summed E-state index contributed by atoms with van der Waals surface area (Å²) in [6.07, 6.45) is 12.1. The monoisotopic (exact) mass is 198 g/mol. The molecule has 0 amide bonds. The Bertz CT molecular complexity index is 406. The van der Waals surface area contributed by atoms with E-state index >= 15 is 0 Å². The third kappa shape index (κ3) is 1.12. The first-order chi connectivity index (χ1) is 7.29. The lowest BCUT2D eigenvalue weighted by Gasteiger charge is -2.27. The summed E-state index contributed by atoms with van der Waals surface area (Å²) < 4.78 is 0. The first-order valence-corrected chi connectivity index (χ1v) is 5.56. The summed E-state index contributed by atoms with van der Waals surface area (Å²) in [5, 5.41) is 0. The van der Waals surface area contributed by atoms with E-state index in [-0.39, 0.29) is 0 Å². The zero-order valence-corrected chi connectivity index (χ0v) is 9.22. The van der Waals surface area contributed by atoms with Crippen LogP contribution in [-0.2, 0) is 0 Å². The Labute approximate surface area is 91.4 Å². The third-order valence-electron chi connectivity index (χ3n) is 3.48. The molecule has 2 nitrogen and oxygen atoms in total. The van der Waals surface area contributed by atoms with E-state index in [1.165, 1.54) is 11.4 Å². The van der Waals surface area contributed by atoms with Crippen LogP contribution in [0.3, 0.4) is 0 Å². The third-order valence-corrected chi connectivity index (χ3v) is 3.48. The van der Waals surface area contributed by atoms with Gasteiger partial charge in [-0.15, -0.1) is 0 Å². The average molecular weight is 198 g/mol. The van der Waals surface area contributed by atoms with Crippen molar-refractivity contribution in [1.29, 1.82) is 0 Å². The fourth-order valence-corrected chi connectivity index (χ4v) is 2.69. The number of allylic oxidation sites excluding steroid dienone is 5. The summed E-state index contributed by atoms with van der Waals surface area (Å²) in [5.74, 6) is 2.88. The largest absolute Gasteiger partial charge is 0.407 e. The van der Waals surface area contributed by atoms with Gasteiger partial charge in [0.15, 0.2) is 0 Å². The molecule has 2 heterocycles. The van der Waals surface area contributed by atoms with E-state index in [1.807, 2.05) is 0 Å². The van der Waals surface area contributed by atoms with Crippen LogP contribution in [0, 0.1) is 5.92 Å². The van der Waals surface area contributed by atoms with Crippen molar-refractivity contribution < 1.29 is 0 Å². The van der Waals surface area contributed by atoms with Crippen molar-refractivity contribution in [3.63, 3.8) is 0 Å². The predicted molar refractivity (Wildman–Crippen MR) is 63.6 cm³/mol. The number of fused-ring (bicyclic) bond motifs is 2. The van der Waals surface area contributed by atoms with E-state index < -0.39 is 0 Å². The minimum absolute atomic E-state index is 0.394. The van der Waals surface area contributed by atoms with E-state index in [0.29, 0.717) is 12.9 Å². The number of rotatable bonds is 0. The molecule has 0 aromatic heterocycles. The summed E-state index contributed by atoms with van der Waals surface area (Å²) in [7, 11) is 2.17. The Balaban J connectivity index is 2.08. The van der Waals surface area contributed by atoms with Gasteiger partial charge in [-0.3, -0.25) is 0 Å². The number of hydrogen-bond acceptors (Lipinski definition) is 2. The second kappa shape index (κ2) is 3.06. The fraction of sp³-hybridized carbons (Fsp3) is 0.333. The molecular weight excluding hydrogens is 183 g/mol. The highest BCUT2D eigenvalue weighted by Gasteiger charge is 2.39. The van der Waals surface area contributed by atoms with Gasteiger partial charge in [0.05, 0.1) is 0 Å². The molecule has 1 aliphatic carbocycles. The molecule has 2 aliphatic heterocycles. The van der Waals surface area contributed by atoms with Gasteiger partial charge in [-0.1, -0.05) is 25.1 Å². The quantitative estimate of drug-likeness (QED) is 0.550. The molecule has 3 rings (SSSR count). The maximum atomic E-state index is 2.39. The number of nitrogens with zero attached hydrogens (tertiary/aromatic N) is 2. The van der Waals surface area contributed by atoms with Gasteiger partial charge in [-0.2, -0.15) is 0 Å². The summed E-state index contributed by atoms with van der Waals surface area (Å²) in [5.41, 5.74) is 2.86. The summed E-state index contributed by atoms with van der Waals surface area (Å²) >= 11 is 0. The van der Waals surface area contributed by atoms with Gasteiger partial charge in [0.25, 0.3) is 0 Å². The highest BCUT2D eigenvalue weighted by Crippen LogP contribution is 2.37. The Hall–Kier alpha value is -1.38. The van der Waals surface area contributed by atoms with Crippen LogP contribution < -0.4 is 0 Å². The first kappa shape index (κ1) is 8.90. The Morgan fingerprint density at radius 3 is 3.13 bits per heavy atom. The first-order valence-electron chi connectivity index (χ1n) is 5.56. The van der Waals surface area contributed by atoms with Gasteiger partial charge in [-0.05, 0) is 31.8 Å². The lowest BCUT2D eigenvalue weighted by molar-refractivity contribution is 0.550. The number of likely N-dealkylation sites (N-methyl/N-ethyl adjacent to an activating group) is 1. The zero-order chi connectivity index (χ0) is 10.4. The minimum atomic E-state index is 0.394. The smallest absolute Gasteiger partial charge is 0.394 e. The lowest BCUT2D eigenvalue weighted by Crippen LogP contribution is -2.40. The van der Waals surface area contributed by atoms with E-state index in [4.69, 9.17) is 0 Å².